The Morgan fingerprint density at radius 3 is 2.53 bits per heavy atom. The summed E-state index contributed by atoms with van der Waals surface area (Å²) in [5, 5.41) is 0. The Morgan fingerprint density at radius 2 is 1.74 bits per heavy atom. The molecule has 0 bridgehead atoms. The number of hydrogen-bond acceptors (Lipinski definition) is 4. The number of anilines is 1. The molecule has 34 heavy (non-hydrogen) atoms. The molecule has 3 aromatic carbocycles. The second-order valence-electron chi connectivity index (χ2n) is 9.11. The third-order valence-electron chi connectivity index (χ3n) is 6.76. The first-order chi connectivity index (χ1) is 16.7. The molecule has 5 nitrogen and oxygen atoms in total. The van der Waals surface area contributed by atoms with Gasteiger partial charge in [-0.05, 0) is 61.1 Å². The molecule has 0 radical (unpaired) electrons. The summed E-state index contributed by atoms with van der Waals surface area (Å²) in [6.45, 7) is 1.13. The van der Waals surface area contributed by atoms with Gasteiger partial charge in [0, 0.05) is 30.6 Å². The summed E-state index contributed by atoms with van der Waals surface area (Å²) in [5.41, 5.74) is 3.09. The van der Waals surface area contributed by atoms with Crippen LogP contribution in [0.1, 0.15) is 49.1 Å². The van der Waals surface area contributed by atoms with Crippen LogP contribution in [-0.4, -0.2) is 25.7 Å². The van der Waals surface area contributed by atoms with Gasteiger partial charge in [-0.2, -0.15) is 0 Å². The Labute approximate surface area is 201 Å². The quantitative estimate of drug-likeness (QED) is 0.409. The summed E-state index contributed by atoms with van der Waals surface area (Å²) in [4.78, 5) is 14.8. The van der Waals surface area contributed by atoms with E-state index >= 15 is 0 Å². The van der Waals surface area contributed by atoms with Crippen LogP contribution in [0.25, 0.3) is 0 Å². The molecule has 176 valence electrons. The van der Waals surface area contributed by atoms with Crippen molar-refractivity contribution in [2.45, 2.75) is 50.7 Å². The first-order valence-corrected chi connectivity index (χ1v) is 12.1. The molecule has 0 spiro atoms. The van der Waals surface area contributed by atoms with E-state index in [0.29, 0.717) is 19.6 Å². The van der Waals surface area contributed by atoms with Crippen molar-refractivity contribution in [1.29, 1.82) is 0 Å². The second-order valence-corrected chi connectivity index (χ2v) is 9.11. The Morgan fingerprint density at radius 1 is 0.912 bits per heavy atom. The highest BCUT2D eigenvalue weighted by atomic mass is 16.5. The maximum absolute atomic E-state index is 13.0. The van der Waals surface area contributed by atoms with Gasteiger partial charge in [-0.15, -0.1) is 0 Å². The van der Waals surface area contributed by atoms with Gasteiger partial charge >= 0.3 is 0 Å². The van der Waals surface area contributed by atoms with Gasteiger partial charge in [0.1, 0.15) is 12.4 Å². The van der Waals surface area contributed by atoms with Crippen molar-refractivity contribution in [3.8, 4) is 17.2 Å². The Balaban J connectivity index is 1.29. The van der Waals surface area contributed by atoms with E-state index in [-0.39, 0.29) is 17.9 Å². The lowest BCUT2D eigenvalue weighted by molar-refractivity contribution is -0.117. The zero-order chi connectivity index (χ0) is 23.3. The first kappa shape index (κ1) is 22.3. The average molecular weight is 458 g/mol. The van der Waals surface area contributed by atoms with Crippen molar-refractivity contribution in [1.82, 2.24) is 0 Å². The van der Waals surface area contributed by atoms with E-state index in [0.717, 1.165) is 46.9 Å². The van der Waals surface area contributed by atoms with Crippen LogP contribution in [0, 0.1) is 0 Å². The molecule has 1 heterocycles. The predicted molar refractivity (Wildman–Crippen MR) is 133 cm³/mol. The minimum Gasteiger partial charge on any atom is -0.493 e. The van der Waals surface area contributed by atoms with Crippen LogP contribution in [0.4, 0.5) is 5.69 Å². The van der Waals surface area contributed by atoms with Crippen molar-refractivity contribution in [3.05, 3.63) is 83.9 Å². The minimum absolute atomic E-state index is 0.109. The van der Waals surface area contributed by atoms with Gasteiger partial charge in [-0.3, -0.25) is 4.79 Å². The van der Waals surface area contributed by atoms with Crippen LogP contribution in [-0.2, 0) is 11.4 Å². The molecule has 1 unspecified atom stereocenters. The molecule has 0 aromatic heterocycles. The molecule has 1 saturated carbocycles. The Hall–Kier alpha value is -3.47. The van der Waals surface area contributed by atoms with Gasteiger partial charge in [-0.1, -0.05) is 42.5 Å². The number of carbonyl (C=O) groups is 1. The highest BCUT2D eigenvalue weighted by Gasteiger charge is 2.32. The van der Waals surface area contributed by atoms with Crippen molar-refractivity contribution in [3.63, 3.8) is 0 Å². The molecule has 5 heteroatoms. The third kappa shape index (κ3) is 5.04. The van der Waals surface area contributed by atoms with E-state index in [9.17, 15) is 4.79 Å². The summed E-state index contributed by atoms with van der Waals surface area (Å²) in [5.74, 6) is 2.53. The molecule has 1 atom stereocenters. The van der Waals surface area contributed by atoms with E-state index in [1.807, 2.05) is 65.6 Å². The SMILES string of the molecule is COc1ccc(C2CC(=O)N(c3cccc(OCc4ccccc4)c3)C2)cc1OC1CCCC1. The van der Waals surface area contributed by atoms with E-state index < -0.39 is 0 Å². The maximum Gasteiger partial charge on any atom is 0.227 e. The number of carbonyl (C=O) groups excluding carboxylic acids is 1. The Kier molecular flexibility index (Phi) is 6.70. The molecule has 1 aliphatic carbocycles. The van der Waals surface area contributed by atoms with E-state index in [1.165, 1.54) is 12.8 Å². The average Bonchev–Trinajstić information content (AvgIpc) is 3.53. The van der Waals surface area contributed by atoms with Crippen molar-refractivity contribution < 1.29 is 19.0 Å². The monoisotopic (exact) mass is 457 g/mol. The molecule has 1 aliphatic heterocycles. The fourth-order valence-electron chi connectivity index (χ4n) is 4.89. The lowest BCUT2D eigenvalue weighted by Gasteiger charge is -2.20. The number of methoxy groups -OCH3 is 1. The van der Waals surface area contributed by atoms with Gasteiger partial charge < -0.3 is 19.1 Å². The van der Waals surface area contributed by atoms with Crippen LogP contribution in [0.3, 0.4) is 0 Å². The van der Waals surface area contributed by atoms with E-state index in [4.69, 9.17) is 14.2 Å². The zero-order valence-corrected chi connectivity index (χ0v) is 19.6. The molecular formula is C29H31NO4. The third-order valence-corrected chi connectivity index (χ3v) is 6.76. The normalized spacial score (nSPS) is 18.3. The van der Waals surface area contributed by atoms with Gasteiger partial charge in [0.2, 0.25) is 5.91 Å². The van der Waals surface area contributed by atoms with Gasteiger partial charge in [-0.25, -0.2) is 0 Å². The number of benzene rings is 3. The second kappa shape index (κ2) is 10.2. The van der Waals surface area contributed by atoms with Crippen LogP contribution in [0.5, 0.6) is 17.2 Å². The summed E-state index contributed by atoms with van der Waals surface area (Å²) in [6, 6.07) is 24.0. The topological polar surface area (TPSA) is 48.0 Å². The molecule has 1 saturated heterocycles. The predicted octanol–water partition coefficient (Wildman–Crippen LogP) is 6.12. The number of hydrogen-bond donors (Lipinski definition) is 0. The van der Waals surface area contributed by atoms with Crippen molar-refractivity contribution in [2.75, 3.05) is 18.6 Å². The first-order valence-electron chi connectivity index (χ1n) is 12.1. The van der Waals surface area contributed by atoms with Crippen LogP contribution in [0.2, 0.25) is 0 Å². The lowest BCUT2D eigenvalue weighted by atomic mass is 9.98. The highest BCUT2D eigenvalue weighted by Crippen LogP contribution is 2.38. The fraction of sp³-hybridized carbons (Fsp3) is 0.345. The summed E-state index contributed by atoms with van der Waals surface area (Å²) < 4.78 is 17.8. The van der Waals surface area contributed by atoms with Crippen molar-refractivity contribution >= 4 is 11.6 Å². The number of ether oxygens (including phenoxy) is 3. The molecule has 3 aromatic rings. The standard InChI is InChI=1S/C29H31NO4/c1-32-27-15-14-22(16-28(27)34-25-11-5-6-12-25)23-17-29(31)30(19-23)24-10-7-13-26(18-24)33-20-21-8-3-2-4-9-21/h2-4,7-10,13-16,18,23,25H,5-6,11-12,17,19-20H2,1H3. The number of nitrogens with zero attached hydrogens (tertiary/aromatic N) is 1. The van der Waals surface area contributed by atoms with E-state index in [1.54, 1.807) is 7.11 Å². The number of amides is 1. The summed E-state index contributed by atoms with van der Waals surface area (Å²) in [7, 11) is 1.67. The minimum atomic E-state index is 0.109. The summed E-state index contributed by atoms with van der Waals surface area (Å²) >= 11 is 0. The smallest absolute Gasteiger partial charge is 0.227 e. The molecular weight excluding hydrogens is 426 g/mol. The summed E-state index contributed by atoms with van der Waals surface area (Å²) in [6.07, 6.45) is 5.34. The van der Waals surface area contributed by atoms with E-state index in [2.05, 4.69) is 12.1 Å². The van der Waals surface area contributed by atoms with Gasteiger partial charge in [0.05, 0.1) is 13.2 Å². The zero-order valence-electron chi connectivity index (χ0n) is 19.6. The van der Waals surface area contributed by atoms with Gasteiger partial charge in [0.15, 0.2) is 11.5 Å². The number of rotatable bonds is 8. The molecule has 5 rings (SSSR count). The largest absolute Gasteiger partial charge is 0.493 e. The maximum atomic E-state index is 13.0. The lowest BCUT2D eigenvalue weighted by Crippen LogP contribution is -2.24. The molecule has 1 amide bonds. The van der Waals surface area contributed by atoms with Gasteiger partial charge in [0.25, 0.3) is 0 Å². The Bertz CT molecular complexity index is 1120. The van der Waals surface area contributed by atoms with Crippen LogP contribution >= 0.6 is 0 Å². The highest BCUT2D eigenvalue weighted by molar-refractivity contribution is 5.96. The fourth-order valence-corrected chi connectivity index (χ4v) is 4.89. The molecule has 2 aliphatic rings. The van der Waals surface area contributed by atoms with Crippen LogP contribution in [0.15, 0.2) is 72.8 Å². The van der Waals surface area contributed by atoms with Crippen LogP contribution < -0.4 is 19.1 Å². The van der Waals surface area contributed by atoms with Crippen molar-refractivity contribution in [2.24, 2.45) is 0 Å². The molecule has 2 fully saturated rings. The molecule has 0 N–H and O–H groups in total.